The number of rotatable bonds is 4. The molecule has 0 unspecified atom stereocenters. The minimum absolute atomic E-state index is 0.00281. The van der Waals surface area contributed by atoms with Gasteiger partial charge in [-0.25, -0.2) is 0 Å². The van der Waals surface area contributed by atoms with Gasteiger partial charge in [0.15, 0.2) is 5.82 Å². The fourth-order valence-corrected chi connectivity index (χ4v) is 2.95. The van der Waals surface area contributed by atoms with E-state index >= 15 is 0 Å². The lowest BCUT2D eigenvalue weighted by Gasteiger charge is -2.08. The summed E-state index contributed by atoms with van der Waals surface area (Å²) in [5.41, 5.74) is 2.79. The molecule has 25 heavy (non-hydrogen) atoms. The summed E-state index contributed by atoms with van der Waals surface area (Å²) >= 11 is 0. The van der Waals surface area contributed by atoms with E-state index in [9.17, 15) is 4.79 Å². The van der Waals surface area contributed by atoms with Crippen LogP contribution in [0, 0.1) is 19.8 Å². The molecule has 0 aromatic carbocycles. The van der Waals surface area contributed by atoms with E-state index in [0.29, 0.717) is 11.6 Å². The first kappa shape index (κ1) is 15.4. The molecule has 1 N–H and O–H groups in total. The molecule has 0 saturated heterocycles. The number of pyridine rings is 1. The van der Waals surface area contributed by atoms with Crippen molar-refractivity contribution in [3.8, 4) is 5.82 Å². The first-order valence-electron chi connectivity index (χ1n) is 8.20. The Bertz CT molecular complexity index is 903. The summed E-state index contributed by atoms with van der Waals surface area (Å²) < 4.78 is 1.61. The van der Waals surface area contributed by atoms with Gasteiger partial charge in [0.1, 0.15) is 5.82 Å². The van der Waals surface area contributed by atoms with E-state index in [4.69, 9.17) is 0 Å². The molecule has 0 bridgehead atoms. The number of aryl methyl sites for hydroxylation is 2. The Labute approximate surface area is 145 Å². The molecule has 0 aliphatic heterocycles. The number of nitrogens with one attached hydrogen (secondary N) is 1. The molecule has 1 fully saturated rings. The number of nitrogens with zero attached hydrogens (tertiary/aromatic N) is 5. The SMILES string of the molecule is Cc1ccc(-n2nc(C)cc2NC(=O)[C@@H]2C[C@H]2c2ccncc2)nn1. The standard InChI is InChI=1S/C18H18N6O/c1-11-3-4-16(22-21-11)24-17(9-12(2)23-24)20-18(25)15-10-14(15)13-5-7-19-8-6-13/h3-9,14-15H,10H2,1-2H3,(H,20,25)/t14-,15+/m0/s1. The minimum Gasteiger partial charge on any atom is -0.310 e. The van der Waals surface area contributed by atoms with Gasteiger partial charge in [-0.3, -0.25) is 9.78 Å². The summed E-state index contributed by atoms with van der Waals surface area (Å²) in [7, 11) is 0. The topological polar surface area (TPSA) is 85.6 Å². The smallest absolute Gasteiger partial charge is 0.229 e. The van der Waals surface area contributed by atoms with Crippen LogP contribution in [0.15, 0.2) is 42.7 Å². The van der Waals surface area contributed by atoms with Crippen LogP contribution in [0.2, 0.25) is 0 Å². The number of aromatic nitrogens is 5. The highest BCUT2D eigenvalue weighted by Crippen LogP contribution is 2.47. The Kier molecular flexibility index (Phi) is 3.76. The number of hydrogen-bond donors (Lipinski definition) is 1. The van der Waals surface area contributed by atoms with E-state index in [-0.39, 0.29) is 17.7 Å². The van der Waals surface area contributed by atoms with Gasteiger partial charge in [0.2, 0.25) is 5.91 Å². The highest BCUT2D eigenvalue weighted by atomic mass is 16.2. The lowest BCUT2D eigenvalue weighted by atomic mass is 10.1. The van der Waals surface area contributed by atoms with E-state index in [1.807, 2.05) is 44.2 Å². The Hall–Kier alpha value is -3.09. The van der Waals surface area contributed by atoms with Crippen LogP contribution in [-0.2, 0) is 4.79 Å². The molecule has 3 aromatic heterocycles. The second-order valence-corrected chi connectivity index (χ2v) is 6.33. The van der Waals surface area contributed by atoms with Crippen molar-refractivity contribution < 1.29 is 4.79 Å². The largest absolute Gasteiger partial charge is 0.310 e. The maximum Gasteiger partial charge on any atom is 0.229 e. The molecule has 0 radical (unpaired) electrons. The van der Waals surface area contributed by atoms with Gasteiger partial charge in [-0.15, -0.1) is 5.10 Å². The number of hydrogen-bond acceptors (Lipinski definition) is 5. The van der Waals surface area contributed by atoms with Crippen LogP contribution in [0.4, 0.5) is 5.82 Å². The van der Waals surface area contributed by atoms with Gasteiger partial charge in [0.25, 0.3) is 0 Å². The number of carbonyl (C=O) groups excluding carboxylic acids is 1. The van der Waals surface area contributed by atoms with Gasteiger partial charge in [-0.05, 0) is 56.0 Å². The molecular weight excluding hydrogens is 316 g/mol. The van der Waals surface area contributed by atoms with Crippen LogP contribution < -0.4 is 5.32 Å². The van der Waals surface area contributed by atoms with Crippen LogP contribution in [0.1, 0.15) is 29.3 Å². The summed E-state index contributed by atoms with van der Waals surface area (Å²) in [6.45, 7) is 3.75. The normalized spacial score (nSPS) is 18.8. The van der Waals surface area contributed by atoms with Gasteiger partial charge < -0.3 is 5.32 Å². The molecule has 4 rings (SSSR count). The molecule has 7 nitrogen and oxygen atoms in total. The van der Waals surface area contributed by atoms with Crippen molar-refractivity contribution in [2.45, 2.75) is 26.2 Å². The monoisotopic (exact) mass is 334 g/mol. The second-order valence-electron chi connectivity index (χ2n) is 6.33. The fraction of sp³-hybridized carbons (Fsp3) is 0.278. The van der Waals surface area contributed by atoms with Crippen LogP contribution in [0.3, 0.4) is 0 Å². The summed E-state index contributed by atoms with van der Waals surface area (Å²) in [4.78, 5) is 16.6. The second kappa shape index (κ2) is 6.08. The highest BCUT2D eigenvalue weighted by Gasteiger charge is 2.44. The Morgan fingerprint density at radius 2 is 1.92 bits per heavy atom. The Morgan fingerprint density at radius 3 is 2.64 bits per heavy atom. The molecule has 0 spiro atoms. The van der Waals surface area contributed by atoms with Gasteiger partial charge in [-0.2, -0.15) is 14.9 Å². The zero-order valence-corrected chi connectivity index (χ0v) is 14.0. The van der Waals surface area contributed by atoms with Crippen molar-refractivity contribution in [1.29, 1.82) is 0 Å². The van der Waals surface area contributed by atoms with Crippen molar-refractivity contribution in [2.24, 2.45) is 5.92 Å². The summed E-state index contributed by atoms with van der Waals surface area (Å²) in [5.74, 6) is 1.44. The van der Waals surface area contributed by atoms with Crippen LogP contribution >= 0.6 is 0 Å². The fourth-order valence-electron chi connectivity index (χ4n) is 2.95. The molecule has 2 atom stereocenters. The maximum atomic E-state index is 12.6. The van der Waals surface area contributed by atoms with Crippen molar-refractivity contribution >= 4 is 11.7 Å². The highest BCUT2D eigenvalue weighted by molar-refractivity contribution is 5.94. The minimum atomic E-state index is -0.0184. The molecular formula is C18H18N6O. The third-order valence-corrected chi connectivity index (χ3v) is 4.35. The number of amides is 1. The van der Waals surface area contributed by atoms with Crippen molar-refractivity contribution in [1.82, 2.24) is 25.0 Å². The quantitative estimate of drug-likeness (QED) is 0.792. The van der Waals surface area contributed by atoms with Crippen LogP contribution in [0.25, 0.3) is 5.82 Å². The Balaban J connectivity index is 1.52. The van der Waals surface area contributed by atoms with Gasteiger partial charge in [0.05, 0.1) is 11.4 Å². The van der Waals surface area contributed by atoms with E-state index in [1.165, 1.54) is 0 Å². The lowest BCUT2D eigenvalue weighted by molar-refractivity contribution is -0.117. The van der Waals surface area contributed by atoms with E-state index in [2.05, 4.69) is 25.6 Å². The Morgan fingerprint density at radius 1 is 1.12 bits per heavy atom. The zero-order valence-electron chi connectivity index (χ0n) is 14.0. The molecule has 1 amide bonds. The first-order chi connectivity index (χ1) is 12.1. The van der Waals surface area contributed by atoms with E-state index < -0.39 is 0 Å². The van der Waals surface area contributed by atoms with Crippen LogP contribution in [-0.4, -0.2) is 30.9 Å². The molecule has 1 aliphatic rings. The molecule has 126 valence electrons. The number of anilines is 1. The summed E-state index contributed by atoms with van der Waals surface area (Å²) in [6.07, 6.45) is 4.38. The maximum absolute atomic E-state index is 12.6. The third-order valence-electron chi connectivity index (χ3n) is 4.35. The predicted octanol–water partition coefficient (Wildman–Crippen LogP) is 2.42. The third kappa shape index (κ3) is 3.13. The number of carbonyl (C=O) groups is 1. The average Bonchev–Trinajstić information content (AvgIpc) is 3.34. The average molecular weight is 334 g/mol. The molecule has 1 saturated carbocycles. The lowest BCUT2D eigenvalue weighted by Crippen LogP contribution is -2.17. The van der Waals surface area contributed by atoms with Crippen molar-refractivity contribution in [3.63, 3.8) is 0 Å². The van der Waals surface area contributed by atoms with Gasteiger partial charge >= 0.3 is 0 Å². The first-order valence-corrected chi connectivity index (χ1v) is 8.20. The molecule has 3 heterocycles. The van der Waals surface area contributed by atoms with Gasteiger partial charge in [-0.1, -0.05) is 0 Å². The summed E-state index contributed by atoms with van der Waals surface area (Å²) in [6, 6.07) is 9.47. The zero-order chi connectivity index (χ0) is 17.4. The van der Waals surface area contributed by atoms with Crippen LogP contribution in [0.5, 0.6) is 0 Å². The summed E-state index contributed by atoms with van der Waals surface area (Å²) in [5, 5.41) is 15.6. The molecule has 1 aliphatic carbocycles. The van der Waals surface area contributed by atoms with Crippen molar-refractivity contribution in [3.05, 3.63) is 59.7 Å². The van der Waals surface area contributed by atoms with Gasteiger partial charge in [0, 0.05) is 24.4 Å². The molecule has 3 aromatic rings. The van der Waals surface area contributed by atoms with E-state index in [1.54, 1.807) is 17.1 Å². The van der Waals surface area contributed by atoms with Crippen molar-refractivity contribution in [2.75, 3.05) is 5.32 Å². The van der Waals surface area contributed by atoms with E-state index in [0.717, 1.165) is 23.4 Å². The molecule has 7 heteroatoms. The predicted molar refractivity (Wildman–Crippen MR) is 92.3 cm³/mol.